The molecule has 3 amide bonds. The zero-order chi connectivity index (χ0) is 15.3. The van der Waals surface area contributed by atoms with E-state index in [-0.39, 0.29) is 11.9 Å². The molecule has 2 aliphatic rings. The van der Waals surface area contributed by atoms with Crippen LogP contribution in [0.15, 0.2) is 15.6 Å². The minimum Gasteiger partial charge on any atom is -0.390 e. The van der Waals surface area contributed by atoms with E-state index in [9.17, 15) is 9.59 Å². The van der Waals surface area contributed by atoms with E-state index in [0.29, 0.717) is 30.1 Å². The number of likely N-dealkylation sites (N-methyl/N-ethyl adjacent to an activating group) is 1. The van der Waals surface area contributed by atoms with Crippen LogP contribution in [0.25, 0.3) is 0 Å². The number of aliphatic imine (C=N–C) groups is 1. The van der Waals surface area contributed by atoms with E-state index in [2.05, 4.69) is 18.8 Å². The lowest BCUT2D eigenvalue weighted by molar-refractivity contribution is -0.679. The van der Waals surface area contributed by atoms with Crippen molar-refractivity contribution in [2.75, 3.05) is 13.6 Å². The van der Waals surface area contributed by atoms with Crippen LogP contribution in [0.1, 0.15) is 32.1 Å². The molecule has 1 fully saturated rings. The summed E-state index contributed by atoms with van der Waals surface area (Å²) in [5, 5.41) is 0. The van der Waals surface area contributed by atoms with E-state index in [0.717, 1.165) is 6.42 Å². The predicted molar refractivity (Wildman–Crippen MR) is 74.1 cm³/mol. The number of oxazole rings is 1. The Morgan fingerprint density at radius 1 is 1.43 bits per heavy atom. The van der Waals surface area contributed by atoms with E-state index >= 15 is 0 Å². The minimum atomic E-state index is -0.590. The molecule has 21 heavy (non-hydrogen) atoms. The summed E-state index contributed by atoms with van der Waals surface area (Å²) in [4.78, 5) is 32.0. The molecule has 2 aliphatic heterocycles. The maximum absolute atomic E-state index is 12.7. The molecule has 0 aromatic carbocycles. The van der Waals surface area contributed by atoms with Gasteiger partial charge in [-0.05, 0) is 19.3 Å². The van der Waals surface area contributed by atoms with Crippen molar-refractivity contribution in [2.24, 2.45) is 10.9 Å². The van der Waals surface area contributed by atoms with Crippen molar-refractivity contribution < 1.29 is 18.6 Å². The molecule has 112 valence electrons. The zero-order valence-corrected chi connectivity index (χ0v) is 12.7. The van der Waals surface area contributed by atoms with Gasteiger partial charge in [-0.15, -0.1) is 0 Å². The van der Waals surface area contributed by atoms with Crippen LogP contribution in [-0.4, -0.2) is 41.2 Å². The van der Waals surface area contributed by atoms with Crippen molar-refractivity contribution >= 4 is 23.8 Å². The summed E-state index contributed by atoms with van der Waals surface area (Å²) in [5.41, 5.74) is 0. The summed E-state index contributed by atoms with van der Waals surface area (Å²) in [5.74, 6) is 1.31. The van der Waals surface area contributed by atoms with Gasteiger partial charge in [0.1, 0.15) is 12.0 Å². The topological polar surface area (TPSA) is 70.0 Å². The van der Waals surface area contributed by atoms with Crippen molar-refractivity contribution in [1.29, 1.82) is 0 Å². The third kappa shape index (κ3) is 2.03. The number of hydrogen-bond acceptors (Lipinski definition) is 4. The van der Waals surface area contributed by atoms with E-state index in [1.807, 2.05) is 0 Å². The van der Waals surface area contributed by atoms with Crippen molar-refractivity contribution in [3.63, 3.8) is 0 Å². The molecular weight excluding hydrogens is 272 g/mol. The molecule has 3 heterocycles. The summed E-state index contributed by atoms with van der Waals surface area (Å²) in [6, 6.07) is -0.545. The molecule has 0 spiro atoms. The van der Waals surface area contributed by atoms with Gasteiger partial charge in [0, 0.05) is 18.6 Å². The van der Waals surface area contributed by atoms with Crippen LogP contribution in [0.5, 0.6) is 0 Å². The standard InChI is InChI=1S/C14H19N4O3/c1-8(2)5-6-17-12(19)10-11(16(4)14(17)20)15-13-18(10)7-9(3)21-13/h7-8,10H,5-6H2,1-4H3/q+1. The van der Waals surface area contributed by atoms with Gasteiger partial charge < -0.3 is 4.42 Å². The lowest BCUT2D eigenvalue weighted by Gasteiger charge is -2.32. The average molecular weight is 291 g/mol. The first kappa shape index (κ1) is 13.8. The predicted octanol–water partition coefficient (Wildman–Crippen LogP) is 1.40. The summed E-state index contributed by atoms with van der Waals surface area (Å²) in [6.45, 7) is 6.37. The SMILES string of the molecule is Cc1c[n+]2c(o1)N=C1C2C(=O)N(CCC(C)C)C(=O)N1C. The first-order valence-electron chi connectivity index (χ1n) is 7.09. The van der Waals surface area contributed by atoms with Gasteiger partial charge in [0.05, 0.1) is 0 Å². The van der Waals surface area contributed by atoms with E-state index < -0.39 is 6.04 Å². The second-order valence-corrected chi connectivity index (χ2v) is 5.92. The molecule has 1 unspecified atom stereocenters. The number of rotatable bonds is 3. The van der Waals surface area contributed by atoms with Gasteiger partial charge >= 0.3 is 12.0 Å². The molecular formula is C14H19N4O3+. The molecule has 3 rings (SSSR count). The fourth-order valence-electron chi connectivity index (χ4n) is 2.63. The van der Waals surface area contributed by atoms with Crippen LogP contribution in [0.3, 0.4) is 0 Å². The molecule has 7 nitrogen and oxygen atoms in total. The molecule has 0 radical (unpaired) electrons. The Kier molecular flexibility index (Phi) is 3.07. The number of amides is 3. The Hall–Kier alpha value is -2.18. The number of amidine groups is 1. The Balaban J connectivity index is 1.95. The largest absolute Gasteiger partial charge is 0.506 e. The number of hydrogen-bond donors (Lipinski definition) is 0. The molecule has 1 atom stereocenters. The minimum absolute atomic E-state index is 0.234. The highest BCUT2D eigenvalue weighted by Gasteiger charge is 2.54. The second kappa shape index (κ2) is 4.68. The molecule has 0 saturated carbocycles. The van der Waals surface area contributed by atoms with Crippen LogP contribution >= 0.6 is 0 Å². The normalized spacial score (nSPS) is 21.0. The summed E-state index contributed by atoms with van der Waals surface area (Å²) in [7, 11) is 1.64. The van der Waals surface area contributed by atoms with Crippen LogP contribution in [0.2, 0.25) is 0 Å². The lowest BCUT2D eigenvalue weighted by Crippen LogP contribution is -2.62. The zero-order valence-electron chi connectivity index (χ0n) is 12.7. The highest BCUT2D eigenvalue weighted by Crippen LogP contribution is 2.28. The number of imide groups is 1. The van der Waals surface area contributed by atoms with Gasteiger partial charge in [0.2, 0.25) is 0 Å². The van der Waals surface area contributed by atoms with Crippen molar-refractivity contribution in [3.8, 4) is 0 Å². The van der Waals surface area contributed by atoms with E-state index in [1.54, 1.807) is 24.7 Å². The van der Waals surface area contributed by atoms with Crippen LogP contribution < -0.4 is 4.57 Å². The van der Waals surface area contributed by atoms with Crippen LogP contribution in [0, 0.1) is 12.8 Å². The quantitative estimate of drug-likeness (QED) is 0.790. The number of carbonyl (C=O) groups excluding carboxylic acids is 2. The Morgan fingerprint density at radius 2 is 2.14 bits per heavy atom. The fourth-order valence-corrected chi connectivity index (χ4v) is 2.63. The lowest BCUT2D eigenvalue weighted by atomic mass is 10.1. The van der Waals surface area contributed by atoms with Gasteiger partial charge in [-0.2, -0.15) is 4.57 Å². The molecule has 7 heteroatoms. The third-order valence-corrected chi connectivity index (χ3v) is 3.82. The Labute approximate surface area is 122 Å². The molecule has 1 aromatic heterocycles. The van der Waals surface area contributed by atoms with E-state index in [4.69, 9.17) is 4.42 Å². The number of nitrogens with zero attached hydrogens (tertiary/aromatic N) is 4. The highest BCUT2D eigenvalue weighted by molar-refractivity contribution is 6.18. The first-order chi connectivity index (χ1) is 9.90. The van der Waals surface area contributed by atoms with Crippen molar-refractivity contribution in [3.05, 3.63) is 12.0 Å². The number of fused-ring (bicyclic) bond motifs is 3. The summed E-state index contributed by atoms with van der Waals surface area (Å²) in [6.07, 6.45) is 2.53. The Morgan fingerprint density at radius 3 is 2.81 bits per heavy atom. The average Bonchev–Trinajstić information content (AvgIpc) is 2.91. The summed E-state index contributed by atoms with van der Waals surface area (Å²) < 4.78 is 7.14. The fraction of sp³-hybridized carbons (Fsp3) is 0.571. The second-order valence-electron chi connectivity index (χ2n) is 5.92. The Bertz CT molecular complexity index is 647. The number of aryl methyl sites for hydroxylation is 1. The number of carbonyl (C=O) groups is 2. The van der Waals surface area contributed by atoms with Crippen molar-refractivity contribution in [2.45, 2.75) is 33.2 Å². The monoisotopic (exact) mass is 291 g/mol. The number of aromatic nitrogens is 1. The van der Waals surface area contributed by atoms with Crippen LogP contribution in [-0.2, 0) is 4.79 Å². The molecule has 0 bridgehead atoms. The van der Waals surface area contributed by atoms with Gasteiger partial charge in [0.15, 0.2) is 0 Å². The molecule has 0 N–H and O–H groups in total. The smallest absolute Gasteiger partial charge is 0.390 e. The van der Waals surface area contributed by atoms with Crippen molar-refractivity contribution in [1.82, 2.24) is 9.80 Å². The first-order valence-corrected chi connectivity index (χ1v) is 7.09. The maximum Gasteiger partial charge on any atom is 0.506 e. The van der Waals surface area contributed by atoms with E-state index in [1.165, 1.54) is 9.80 Å². The third-order valence-electron chi connectivity index (χ3n) is 3.82. The number of urea groups is 1. The van der Waals surface area contributed by atoms with Gasteiger partial charge in [-0.3, -0.25) is 14.6 Å². The maximum atomic E-state index is 12.7. The molecule has 1 aromatic rings. The highest BCUT2D eigenvalue weighted by atomic mass is 16.4. The van der Waals surface area contributed by atoms with Gasteiger partial charge in [-0.1, -0.05) is 13.8 Å². The van der Waals surface area contributed by atoms with Gasteiger partial charge in [0.25, 0.3) is 17.8 Å². The van der Waals surface area contributed by atoms with Crippen LogP contribution in [0.4, 0.5) is 10.8 Å². The van der Waals surface area contributed by atoms with Gasteiger partial charge in [-0.25, -0.2) is 4.79 Å². The molecule has 0 aliphatic carbocycles. The summed E-state index contributed by atoms with van der Waals surface area (Å²) >= 11 is 0. The molecule has 1 saturated heterocycles.